The van der Waals surface area contributed by atoms with Gasteiger partial charge in [0.15, 0.2) is 11.7 Å². The Bertz CT molecular complexity index is 1330. The molecular formula is C22H17Cl2N5O4. The average Bonchev–Trinajstić information content (AvgIpc) is 3.39. The second kappa shape index (κ2) is 9.43. The van der Waals surface area contributed by atoms with Gasteiger partial charge >= 0.3 is 0 Å². The first kappa shape index (κ1) is 22.5. The molecule has 0 aliphatic heterocycles. The van der Waals surface area contributed by atoms with E-state index < -0.39 is 4.92 Å². The molecule has 0 bridgehead atoms. The summed E-state index contributed by atoms with van der Waals surface area (Å²) >= 11 is 12.1. The fourth-order valence-corrected chi connectivity index (χ4v) is 3.67. The summed E-state index contributed by atoms with van der Waals surface area (Å²) in [5.41, 5.74) is 1.90. The number of aryl methyl sites for hydroxylation is 2. The second-order valence-corrected chi connectivity index (χ2v) is 7.99. The number of nitro benzene ring substituents is 1. The van der Waals surface area contributed by atoms with Crippen LogP contribution in [0.25, 0.3) is 17.0 Å². The Hall–Kier alpha value is -3.69. The van der Waals surface area contributed by atoms with Gasteiger partial charge in [-0.3, -0.25) is 14.9 Å². The van der Waals surface area contributed by atoms with Crippen LogP contribution in [0.2, 0.25) is 10.0 Å². The van der Waals surface area contributed by atoms with Crippen molar-refractivity contribution in [2.24, 2.45) is 0 Å². The molecule has 0 saturated carbocycles. The summed E-state index contributed by atoms with van der Waals surface area (Å²) in [6.07, 6.45) is 1.95. The van der Waals surface area contributed by atoms with E-state index in [0.29, 0.717) is 44.5 Å². The number of rotatable bonds is 7. The minimum Gasteiger partial charge on any atom is -0.441 e. The molecule has 2 heterocycles. The number of halogens is 2. The lowest BCUT2D eigenvalue weighted by Crippen LogP contribution is -2.15. The normalized spacial score (nSPS) is 10.9. The van der Waals surface area contributed by atoms with Crippen molar-refractivity contribution in [2.45, 2.75) is 19.8 Å². The molecule has 33 heavy (non-hydrogen) atoms. The SMILES string of the molecule is Cc1cc(NC(=O)CCc2ncc(-c3ccc(Cl)cc3Cl)o2)n(-c2ccc([N+](=O)[O-])cc2)n1. The molecule has 2 aromatic carbocycles. The van der Waals surface area contributed by atoms with E-state index in [0.717, 1.165) is 0 Å². The summed E-state index contributed by atoms with van der Waals surface area (Å²) in [6, 6.07) is 12.7. The predicted octanol–water partition coefficient (Wildman–Crippen LogP) is 5.62. The van der Waals surface area contributed by atoms with Crippen molar-refractivity contribution in [3.8, 4) is 17.0 Å². The van der Waals surface area contributed by atoms with Gasteiger partial charge in [0.25, 0.3) is 5.69 Å². The van der Waals surface area contributed by atoms with Gasteiger partial charge in [-0.15, -0.1) is 0 Å². The minimum atomic E-state index is -0.476. The molecule has 2 aromatic heterocycles. The van der Waals surface area contributed by atoms with Gasteiger partial charge < -0.3 is 9.73 Å². The molecule has 0 radical (unpaired) electrons. The summed E-state index contributed by atoms with van der Waals surface area (Å²) in [6.45, 7) is 1.79. The van der Waals surface area contributed by atoms with Gasteiger partial charge in [-0.1, -0.05) is 23.2 Å². The van der Waals surface area contributed by atoms with E-state index in [1.54, 1.807) is 49.5 Å². The molecule has 4 rings (SSSR count). The summed E-state index contributed by atoms with van der Waals surface area (Å²) in [4.78, 5) is 27.2. The van der Waals surface area contributed by atoms with E-state index in [9.17, 15) is 14.9 Å². The van der Waals surface area contributed by atoms with E-state index >= 15 is 0 Å². The Morgan fingerprint density at radius 3 is 2.64 bits per heavy atom. The van der Waals surface area contributed by atoms with Crippen molar-refractivity contribution in [3.63, 3.8) is 0 Å². The number of nitrogens with one attached hydrogen (secondary N) is 1. The van der Waals surface area contributed by atoms with Gasteiger partial charge in [-0.2, -0.15) is 5.10 Å². The summed E-state index contributed by atoms with van der Waals surface area (Å²) in [5, 5.41) is 19.0. The maximum Gasteiger partial charge on any atom is 0.269 e. The highest BCUT2D eigenvalue weighted by molar-refractivity contribution is 6.36. The van der Waals surface area contributed by atoms with Gasteiger partial charge in [-0.05, 0) is 37.3 Å². The van der Waals surface area contributed by atoms with Crippen LogP contribution >= 0.6 is 23.2 Å². The molecule has 4 aromatic rings. The van der Waals surface area contributed by atoms with Crippen molar-refractivity contribution in [3.05, 3.63) is 86.5 Å². The lowest BCUT2D eigenvalue weighted by molar-refractivity contribution is -0.384. The summed E-state index contributed by atoms with van der Waals surface area (Å²) < 4.78 is 7.24. The molecule has 0 atom stereocenters. The number of hydrogen-bond acceptors (Lipinski definition) is 6. The van der Waals surface area contributed by atoms with Crippen LogP contribution in [0.15, 0.2) is 59.1 Å². The number of benzene rings is 2. The molecule has 9 nitrogen and oxygen atoms in total. The molecule has 1 amide bonds. The zero-order chi connectivity index (χ0) is 23.5. The molecule has 11 heteroatoms. The van der Waals surface area contributed by atoms with Crippen LogP contribution in [-0.2, 0) is 11.2 Å². The number of nitrogens with zero attached hydrogens (tertiary/aromatic N) is 4. The van der Waals surface area contributed by atoms with Crippen LogP contribution in [0.3, 0.4) is 0 Å². The molecule has 0 spiro atoms. The van der Waals surface area contributed by atoms with Crippen LogP contribution < -0.4 is 5.32 Å². The molecule has 0 aliphatic carbocycles. The first-order valence-electron chi connectivity index (χ1n) is 9.81. The lowest BCUT2D eigenvalue weighted by Gasteiger charge is -2.08. The van der Waals surface area contributed by atoms with Crippen molar-refractivity contribution in [2.75, 3.05) is 5.32 Å². The number of non-ortho nitro benzene ring substituents is 1. The van der Waals surface area contributed by atoms with Crippen LogP contribution in [0, 0.1) is 17.0 Å². The summed E-state index contributed by atoms with van der Waals surface area (Å²) in [7, 11) is 0. The number of amides is 1. The fourth-order valence-electron chi connectivity index (χ4n) is 3.17. The number of aromatic nitrogens is 3. The van der Waals surface area contributed by atoms with Crippen molar-refractivity contribution >= 4 is 40.6 Å². The first-order valence-corrected chi connectivity index (χ1v) is 10.6. The topological polar surface area (TPSA) is 116 Å². The highest BCUT2D eigenvalue weighted by Gasteiger charge is 2.15. The molecule has 168 valence electrons. The third-order valence-electron chi connectivity index (χ3n) is 4.72. The number of carbonyl (C=O) groups excluding carboxylic acids is 1. The first-order chi connectivity index (χ1) is 15.8. The maximum atomic E-state index is 12.5. The molecule has 0 unspecified atom stereocenters. The lowest BCUT2D eigenvalue weighted by atomic mass is 10.2. The molecule has 0 saturated heterocycles. The Balaban J connectivity index is 1.42. The third-order valence-corrected chi connectivity index (χ3v) is 5.27. The number of hydrogen-bond donors (Lipinski definition) is 1. The molecular weight excluding hydrogens is 469 g/mol. The van der Waals surface area contributed by atoms with E-state index in [1.165, 1.54) is 16.8 Å². The standard InChI is InChI=1S/C22H17Cl2N5O4/c1-13-10-20(28(27-13)15-3-5-16(6-4-15)29(31)32)26-21(30)8-9-22-25-12-19(33-22)17-7-2-14(23)11-18(17)24/h2-7,10-12H,8-9H2,1H3,(H,26,30). The number of carbonyl (C=O) groups is 1. The van der Waals surface area contributed by atoms with Crippen molar-refractivity contribution in [1.29, 1.82) is 0 Å². The maximum absolute atomic E-state index is 12.5. The highest BCUT2D eigenvalue weighted by atomic mass is 35.5. The van der Waals surface area contributed by atoms with E-state index in [-0.39, 0.29) is 24.4 Å². The Morgan fingerprint density at radius 1 is 1.18 bits per heavy atom. The van der Waals surface area contributed by atoms with Gasteiger partial charge in [0.1, 0.15) is 5.82 Å². The van der Waals surface area contributed by atoms with Gasteiger partial charge in [0.2, 0.25) is 5.91 Å². The monoisotopic (exact) mass is 485 g/mol. The van der Waals surface area contributed by atoms with Crippen LogP contribution in [0.4, 0.5) is 11.5 Å². The Labute approximate surface area is 198 Å². The van der Waals surface area contributed by atoms with E-state index in [2.05, 4.69) is 15.4 Å². The fraction of sp³-hybridized carbons (Fsp3) is 0.136. The van der Waals surface area contributed by atoms with Gasteiger partial charge in [0, 0.05) is 41.6 Å². The number of oxazole rings is 1. The van der Waals surface area contributed by atoms with E-state index in [4.69, 9.17) is 27.6 Å². The van der Waals surface area contributed by atoms with E-state index in [1.807, 2.05) is 0 Å². The van der Waals surface area contributed by atoms with Gasteiger partial charge in [0.05, 0.1) is 27.5 Å². The molecule has 1 N–H and O–H groups in total. The van der Waals surface area contributed by atoms with Gasteiger partial charge in [-0.25, -0.2) is 9.67 Å². The van der Waals surface area contributed by atoms with Crippen LogP contribution in [-0.4, -0.2) is 25.6 Å². The second-order valence-electron chi connectivity index (χ2n) is 7.15. The van der Waals surface area contributed by atoms with Crippen LogP contribution in [0.5, 0.6) is 0 Å². The number of anilines is 1. The quantitative estimate of drug-likeness (QED) is 0.268. The van der Waals surface area contributed by atoms with Crippen molar-refractivity contribution < 1.29 is 14.1 Å². The number of nitro groups is 1. The molecule has 0 aliphatic rings. The smallest absolute Gasteiger partial charge is 0.269 e. The minimum absolute atomic E-state index is 0.0292. The predicted molar refractivity (Wildman–Crippen MR) is 124 cm³/mol. The molecule has 0 fully saturated rings. The largest absolute Gasteiger partial charge is 0.441 e. The van der Waals surface area contributed by atoms with Crippen molar-refractivity contribution in [1.82, 2.24) is 14.8 Å². The average molecular weight is 486 g/mol. The zero-order valence-corrected chi connectivity index (χ0v) is 18.8. The Kier molecular flexibility index (Phi) is 6.43. The third kappa shape index (κ3) is 5.21. The van der Waals surface area contributed by atoms with Crippen LogP contribution in [0.1, 0.15) is 18.0 Å². The Morgan fingerprint density at radius 2 is 1.94 bits per heavy atom. The highest BCUT2D eigenvalue weighted by Crippen LogP contribution is 2.31. The zero-order valence-electron chi connectivity index (χ0n) is 17.3. The summed E-state index contributed by atoms with van der Waals surface area (Å²) in [5.74, 6) is 1.07.